The number of benzene rings is 2. The molecule has 1 heterocycles. The summed E-state index contributed by atoms with van der Waals surface area (Å²) in [4.78, 5) is 16.4. The van der Waals surface area contributed by atoms with Crippen molar-refractivity contribution in [3.05, 3.63) is 87.5 Å². The van der Waals surface area contributed by atoms with Crippen LogP contribution in [0.2, 0.25) is 5.02 Å². The van der Waals surface area contributed by atoms with Crippen LogP contribution in [0.15, 0.2) is 47.0 Å². The molecular weight excluding hydrogens is 436 g/mol. The fourth-order valence-corrected chi connectivity index (χ4v) is 3.43. The minimum Gasteiger partial charge on any atom is -0.349 e. The highest BCUT2D eigenvalue weighted by atomic mass is 35.5. The van der Waals surface area contributed by atoms with E-state index in [0.29, 0.717) is 18.0 Å². The molecule has 0 spiro atoms. The number of rotatable bonds is 9. The van der Waals surface area contributed by atoms with Crippen molar-refractivity contribution >= 4 is 23.1 Å². The molecule has 1 aromatic heterocycles. The van der Waals surface area contributed by atoms with Crippen molar-refractivity contribution in [3.63, 3.8) is 0 Å². The first-order valence-corrected chi connectivity index (χ1v) is 10.8. The van der Waals surface area contributed by atoms with Crippen molar-refractivity contribution in [2.24, 2.45) is 0 Å². The molecule has 3 rings (SSSR count). The van der Waals surface area contributed by atoms with E-state index in [-0.39, 0.29) is 23.7 Å². The second-order valence-electron chi connectivity index (χ2n) is 7.41. The van der Waals surface area contributed by atoms with Crippen LogP contribution in [0, 0.1) is 18.6 Å². The molecule has 0 aliphatic heterocycles. The SMILES string of the molecule is CCC/C=C(/CCNC(=O)c1noc(Cc2cc(F)ccc2F)n1)c1cc(Cl)ccc1C. The third kappa shape index (κ3) is 6.23. The zero-order valence-corrected chi connectivity index (χ0v) is 18.7. The molecule has 0 aliphatic carbocycles. The number of nitrogens with one attached hydrogen (secondary N) is 1. The summed E-state index contributed by atoms with van der Waals surface area (Å²) in [6, 6.07) is 8.86. The van der Waals surface area contributed by atoms with Gasteiger partial charge in [0.1, 0.15) is 11.6 Å². The number of amides is 1. The van der Waals surface area contributed by atoms with Gasteiger partial charge in [-0.25, -0.2) is 8.78 Å². The van der Waals surface area contributed by atoms with Crippen LogP contribution in [-0.2, 0) is 6.42 Å². The van der Waals surface area contributed by atoms with E-state index in [9.17, 15) is 13.6 Å². The van der Waals surface area contributed by atoms with E-state index >= 15 is 0 Å². The quantitative estimate of drug-likeness (QED) is 0.432. The van der Waals surface area contributed by atoms with E-state index in [0.717, 1.165) is 47.7 Å². The largest absolute Gasteiger partial charge is 0.349 e. The van der Waals surface area contributed by atoms with Crippen LogP contribution in [0.5, 0.6) is 0 Å². The highest BCUT2D eigenvalue weighted by molar-refractivity contribution is 6.30. The fourth-order valence-electron chi connectivity index (χ4n) is 3.26. The fraction of sp³-hybridized carbons (Fsp3) is 0.292. The highest BCUT2D eigenvalue weighted by Gasteiger charge is 2.16. The molecule has 32 heavy (non-hydrogen) atoms. The van der Waals surface area contributed by atoms with Crippen LogP contribution >= 0.6 is 11.6 Å². The van der Waals surface area contributed by atoms with Gasteiger partial charge in [-0.3, -0.25) is 4.79 Å². The third-order valence-corrected chi connectivity index (χ3v) is 5.16. The van der Waals surface area contributed by atoms with Gasteiger partial charge in [0.2, 0.25) is 5.89 Å². The van der Waals surface area contributed by atoms with Crippen molar-refractivity contribution in [1.82, 2.24) is 15.5 Å². The third-order valence-electron chi connectivity index (χ3n) is 4.93. The minimum absolute atomic E-state index is 0.0257. The highest BCUT2D eigenvalue weighted by Crippen LogP contribution is 2.26. The minimum atomic E-state index is -0.585. The Hall–Kier alpha value is -3.06. The predicted octanol–water partition coefficient (Wildman–Crippen LogP) is 5.90. The van der Waals surface area contributed by atoms with Crippen molar-refractivity contribution in [1.29, 1.82) is 0 Å². The van der Waals surface area contributed by atoms with Crippen LogP contribution in [0.4, 0.5) is 8.78 Å². The summed E-state index contributed by atoms with van der Waals surface area (Å²) in [5.41, 5.74) is 3.33. The number of halogens is 3. The number of aromatic nitrogens is 2. The Morgan fingerprint density at radius 1 is 1.22 bits per heavy atom. The molecule has 5 nitrogen and oxygen atoms in total. The van der Waals surface area contributed by atoms with Gasteiger partial charge in [-0.15, -0.1) is 0 Å². The van der Waals surface area contributed by atoms with E-state index in [1.54, 1.807) is 0 Å². The Morgan fingerprint density at radius 2 is 2.03 bits per heavy atom. The molecule has 3 aromatic rings. The second-order valence-corrected chi connectivity index (χ2v) is 7.84. The summed E-state index contributed by atoms with van der Waals surface area (Å²) in [6.07, 6.45) is 4.58. The van der Waals surface area contributed by atoms with Crippen LogP contribution in [0.1, 0.15) is 59.4 Å². The Labute approximate surface area is 190 Å². The molecule has 1 amide bonds. The molecule has 168 valence electrons. The molecule has 0 bridgehead atoms. The number of hydrogen-bond acceptors (Lipinski definition) is 4. The molecule has 0 saturated heterocycles. The smallest absolute Gasteiger partial charge is 0.292 e. The lowest BCUT2D eigenvalue weighted by molar-refractivity contribution is 0.0941. The van der Waals surface area contributed by atoms with Gasteiger partial charge in [-0.05, 0) is 66.8 Å². The first-order valence-electron chi connectivity index (χ1n) is 10.4. The number of carbonyl (C=O) groups is 1. The summed E-state index contributed by atoms with van der Waals surface area (Å²) in [6.45, 7) is 4.49. The predicted molar refractivity (Wildman–Crippen MR) is 119 cm³/mol. The number of nitrogens with zero attached hydrogens (tertiary/aromatic N) is 2. The second kappa shape index (κ2) is 11.0. The maximum Gasteiger partial charge on any atom is 0.292 e. The maximum atomic E-state index is 13.8. The van der Waals surface area contributed by atoms with Gasteiger partial charge in [0.25, 0.3) is 11.7 Å². The van der Waals surface area contributed by atoms with Gasteiger partial charge >= 0.3 is 0 Å². The van der Waals surface area contributed by atoms with Crippen molar-refractivity contribution < 1.29 is 18.1 Å². The van der Waals surface area contributed by atoms with Crippen molar-refractivity contribution in [2.75, 3.05) is 6.54 Å². The van der Waals surface area contributed by atoms with E-state index in [1.165, 1.54) is 0 Å². The molecule has 2 aromatic carbocycles. The topological polar surface area (TPSA) is 68.0 Å². The lowest BCUT2D eigenvalue weighted by Crippen LogP contribution is -2.25. The normalized spacial score (nSPS) is 11.6. The zero-order chi connectivity index (χ0) is 23.1. The van der Waals surface area contributed by atoms with Crippen molar-refractivity contribution in [2.45, 2.75) is 39.5 Å². The molecule has 8 heteroatoms. The lowest BCUT2D eigenvalue weighted by atomic mass is 9.97. The van der Waals surface area contributed by atoms with Crippen LogP contribution in [-0.4, -0.2) is 22.6 Å². The number of hydrogen-bond donors (Lipinski definition) is 1. The molecule has 0 atom stereocenters. The Balaban J connectivity index is 1.62. The molecule has 1 N–H and O–H groups in total. The number of allylic oxidation sites excluding steroid dienone is 1. The molecule has 0 radical (unpaired) electrons. The van der Waals surface area contributed by atoms with Crippen LogP contribution < -0.4 is 5.32 Å². The monoisotopic (exact) mass is 459 g/mol. The van der Waals surface area contributed by atoms with Gasteiger partial charge in [-0.2, -0.15) is 4.98 Å². The Kier molecular flexibility index (Phi) is 8.11. The van der Waals surface area contributed by atoms with Crippen LogP contribution in [0.3, 0.4) is 0 Å². The van der Waals surface area contributed by atoms with Gasteiger partial charge < -0.3 is 9.84 Å². The summed E-state index contributed by atoms with van der Waals surface area (Å²) >= 11 is 6.17. The molecular formula is C24H24ClF2N3O2. The average molecular weight is 460 g/mol. The standard InChI is InChI=1S/C24H24ClF2N3O2/c1-3-4-5-16(20-14-18(25)7-6-15(20)2)10-11-28-24(31)23-29-22(32-30-23)13-17-12-19(26)8-9-21(17)27/h5-9,12,14H,3-4,10-11,13H2,1-2H3,(H,28,31)/b16-5-. The van der Waals surface area contributed by atoms with Crippen molar-refractivity contribution in [3.8, 4) is 0 Å². The molecule has 0 aliphatic rings. The lowest BCUT2D eigenvalue weighted by Gasteiger charge is -2.12. The van der Waals surface area contributed by atoms with Gasteiger partial charge in [0.05, 0.1) is 6.42 Å². The van der Waals surface area contributed by atoms with E-state index in [2.05, 4.69) is 28.5 Å². The van der Waals surface area contributed by atoms with E-state index in [1.807, 2.05) is 25.1 Å². The number of carbonyl (C=O) groups excluding carboxylic acids is 1. The zero-order valence-electron chi connectivity index (χ0n) is 17.9. The molecule has 0 fully saturated rings. The Morgan fingerprint density at radius 3 is 2.81 bits per heavy atom. The maximum absolute atomic E-state index is 13.8. The first kappa shape index (κ1) is 23.6. The van der Waals surface area contributed by atoms with Crippen LogP contribution in [0.25, 0.3) is 5.57 Å². The average Bonchev–Trinajstić information content (AvgIpc) is 3.23. The Bertz CT molecular complexity index is 1130. The van der Waals surface area contributed by atoms with Gasteiger partial charge in [0.15, 0.2) is 0 Å². The van der Waals surface area contributed by atoms with Gasteiger partial charge in [0, 0.05) is 17.1 Å². The number of aryl methyl sites for hydroxylation is 1. The first-order chi connectivity index (χ1) is 15.4. The van der Waals surface area contributed by atoms with E-state index < -0.39 is 17.5 Å². The van der Waals surface area contributed by atoms with E-state index in [4.69, 9.17) is 16.1 Å². The summed E-state index contributed by atoms with van der Waals surface area (Å²) in [5.74, 6) is -1.79. The summed E-state index contributed by atoms with van der Waals surface area (Å²) in [5, 5.41) is 7.08. The van der Waals surface area contributed by atoms with Gasteiger partial charge in [-0.1, -0.05) is 42.2 Å². The molecule has 0 saturated carbocycles. The number of unbranched alkanes of at least 4 members (excludes halogenated alkanes) is 1. The molecule has 0 unspecified atom stereocenters. The summed E-state index contributed by atoms with van der Waals surface area (Å²) < 4.78 is 32.1. The summed E-state index contributed by atoms with van der Waals surface area (Å²) in [7, 11) is 0.